The van der Waals surface area contributed by atoms with Gasteiger partial charge >= 0.3 is 12.0 Å². The zero-order valence-electron chi connectivity index (χ0n) is 11.3. The number of aromatic nitrogens is 1. The van der Waals surface area contributed by atoms with Gasteiger partial charge in [0.25, 0.3) is 0 Å². The second kappa shape index (κ2) is 7.08. The van der Waals surface area contributed by atoms with Gasteiger partial charge in [-0.2, -0.15) is 0 Å². The van der Waals surface area contributed by atoms with E-state index >= 15 is 0 Å². The van der Waals surface area contributed by atoms with Gasteiger partial charge in [-0.25, -0.2) is 9.78 Å². The molecule has 2 amide bonds. The van der Waals surface area contributed by atoms with Crippen LogP contribution in [0, 0.1) is 5.92 Å². The van der Waals surface area contributed by atoms with Gasteiger partial charge in [-0.3, -0.25) is 4.79 Å². The molecule has 0 aliphatic rings. The Morgan fingerprint density at radius 3 is 2.74 bits per heavy atom. The van der Waals surface area contributed by atoms with Crippen LogP contribution < -0.4 is 5.32 Å². The van der Waals surface area contributed by atoms with Crippen molar-refractivity contribution in [3.8, 4) is 0 Å². The lowest BCUT2D eigenvalue weighted by Crippen LogP contribution is -2.41. The van der Waals surface area contributed by atoms with Crippen LogP contribution in [0.15, 0.2) is 11.6 Å². The van der Waals surface area contributed by atoms with Crippen LogP contribution in [-0.4, -0.2) is 47.1 Å². The number of amides is 2. The van der Waals surface area contributed by atoms with Gasteiger partial charge in [-0.1, -0.05) is 13.8 Å². The van der Waals surface area contributed by atoms with E-state index in [-0.39, 0.29) is 18.5 Å². The highest BCUT2D eigenvalue weighted by molar-refractivity contribution is 7.09. The van der Waals surface area contributed by atoms with Crippen LogP contribution in [0.25, 0.3) is 0 Å². The van der Waals surface area contributed by atoms with Gasteiger partial charge < -0.3 is 15.3 Å². The summed E-state index contributed by atoms with van der Waals surface area (Å²) >= 11 is 1.55. The van der Waals surface area contributed by atoms with E-state index < -0.39 is 11.9 Å². The lowest BCUT2D eigenvalue weighted by atomic mass is 10.2. The van der Waals surface area contributed by atoms with Crippen molar-refractivity contribution in [3.05, 3.63) is 16.6 Å². The van der Waals surface area contributed by atoms with Crippen molar-refractivity contribution >= 4 is 23.3 Å². The number of carbonyl (C=O) groups is 2. The number of carbonyl (C=O) groups excluding carboxylic acids is 1. The number of aliphatic carboxylic acids is 1. The molecular formula is C12H19N3O3S. The average Bonchev–Trinajstić information content (AvgIpc) is 2.88. The standard InChI is InChI=1S/C12H19N3O3S/c1-8(10-13-4-5-19-10)6-14-12(18)15(3)7-9(2)11(16)17/h4-5,8-9H,6-7H2,1-3H3,(H,14,18)(H,16,17). The molecule has 2 atom stereocenters. The second-order valence-corrected chi connectivity index (χ2v) is 5.50. The summed E-state index contributed by atoms with van der Waals surface area (Å²) in [5.74, 6) is -1.34. The molecule has 0 spiro atoms. The predicted molar refractivity (Wildman–Crippen MR) is 73.4 cm³/mol. The van der Waals surface area contributed by atoms with Crippen molar-refractivity contribution in [2.24, 2.45) is 5.92 Å². The predicted octanol–water partition coefficient (Wildman–Crippen LogP) is 1.61. The summed E-state index contributed by atoms with van der Waals surface area (Å²) in [7, 11) is 1.59. The second-order valence-electron chi connectivity index (χ2n) is 4.58. The maximum Gasteiger partial charge on any atom is 0.317 e. The van der Waals surface area contributed by atoms with Crippen LogP contribution in [0.4, 0.5) is 4.79 Å². The molecular weight excluding hydrogens is 266 g/mol. The highest BCUT2D eigenvalue weighted by Crippen LogP contribution is 2.16. The molecule has 0 aliphatic heterocycles. The maximum atomic E-state index is 11.8. The van der Waals surface area contributed by atoms with Crippen molar-refractivity contribution in [3.63, 3.8) is 0 Å². The van der Waals surface area contributed by atoms with Crippen LogP contribution in [0.2, 0.25) is 0 Å². The minimum Gasteiger partial charge on any atom is -0.481 e. The Morgan fingerprint density at radius 1 is 1.53 bits per heavy atom. The summed E-state index contributed by atoms with van der Waals surface area (Å²) in [6, 6.07) is -0.267. The summed E-state index contributed by atoms with van der Waals surface area (Å²) in [6.07, 6.45) is 1.74. The van der Waals surface area contributed by atoms with Gasteiger partial charge in [0.05, 0.1) is 10.9 Å². The summed E-state index contributed by atoms with van der Waals surface area (Å²) in [5.41, 5.74) is 0. The third-order valence-corrected chi connectivity index (χ3v) is 3.76. The number of urea groups is 1. The van der Waals surface area contributed by atoms with E-state index in [1.54, 1.807) is 31.5 Å². The van der Waals surface area contributed by atoms with Crippen molar-refractivity contribution in [1.82, 2.24) is 15.2 Å². The fraction of sp³-hybridized carbons (Fsp3) is 0.583. The van der Waals surface area contributed by atoms with E-state index in [1.165, 1.54) is 4.90 Å². The molecule has 1 aromatic heterocycles. The van der Waals surface area contributed by atoms with Crippen molar-refractivity contribution in [1.29, 1.82) is 0 Å². The first-order valence-electron chi connectivity index (χ1n) is 6.03. The Labute approximate surface area is 116 Å². The topological polar surface area (TPSA) is 82.5 Å². The molecule has 1 aromatic rings. The molecule has 0 saturated heterocycles. The minimum absolute atomic E-state index is 0.147. The van der Waals surface area contributed by atoms with Crippen LogP contribution in [0.3, 0.4) is 0 Å². The van der Waals surface area contributed by atoms with E-state index in [9.17, 15) is 9.59 Å². The molecule has 7 heteroatoms. The maximum absolute atomic E-state index is 11.8. The van der Waals surface area contributed by atoms with Crippen molar-refractivity contribution in [2.45, 2.75) is 19.8 Å². The van der Waals surface area contributed by atoms with Gasteiger partial charge in [0.1, 0.15) is 0 Å². The third kappa shape index (κ3) is 4.86. The monoisotopic (exact) mass is 285 g/mol. The normalized spacial score (nSPS) is 13.6. The third-order valence-electron chi connectivity index (χ3n) is 2.75. The molecule has 1 heterocycles. The zero-order chi connectivity index (χ0) is 14.4. The highest BCUT2D eigenvalue weighted by atomic mass is 32.1. The van der Waals surface area contributed by atoms with Gasteiger partial charge in [-0.05, 0) is 0 Å². The number of nitrogens with zero attached hydrogens (tertiary/aromatic N) is 2. The largest absolute Gasteiger partial charge is 0.481 e. The molecule has 6 nitrogen and oxygen atoms in total. The molecule has 0 saturated carbocycles. The quantitative estimate of drug-likeness (QED) is 0.832. The van der Waals surface area contributed by atoms with Crippen LogP contribution in [0.1, 0.15) is 24.8 Å². The van der Waals surface area contributed by atoms with E-state index in [1.807, 2.05) is 12.3 Å². The van der Waals surface area contributed by atoms with Gasteiger partial charge in [-0.15, -0.1) is 11.3 Å². The first-order valence-corrected chi connectivity index (χ1v) is 6.91. The summed E-state index contributed by atoms with van der Waals surface area (Å²) < 4.78 is 0. The van der Waals surface area contributed by atoms with Crippen LogP contribution in [0.5, 0.6) is 0 Å². The number of rotatable bonds is 6. The Morgan fingerprint density at radius 2 is 2.21 bits per heavy atom. The first-order chi connectivity index (χ1) is 8.91. The summed E-state index contributed by atoms with van der Waals surface area (Å²) in [5, 5.41) is 14.4. The average molecular weight is 285 g/mol. The molecule has 0 bridgehead atoms. The van der Waals surface area contributed by atoms with Crippen LogP contribution in [-0.2, 0) is 4.79 Å². The van der Waals surface area contributed by atoms with E-state index in [2.05, 4.69) is 10.3 Å². The van der Waals surface area contributed by atoms with E-state index in [0.717, 1.165) is 5.01 Å². The minimum atomic E-state index is -0.907. The number of nitrogens with one attached hydrogen (secondary N) is 1. The lowest BCUT2D eigenvalue weighted by molar-refractivity contribution is -0.141. The lowest BCUT2D eigenvalue weighted by Gasteiger charge is -2.21. The molecule has 0 aromatic carbocycles. The fourth-order valence-corrected chi connectivity index (χ4v) is 2.21. The fourth-order valence-electron chi connectivity index (χ4n) is 1.51. The highest BCUT2D eigenvalue weighted by Gasteiger charge is 2.18. The summed E-state index contributed by atoms with van der Waals surface area (Å²) in [6.45, 7) is 4.23. The van der Waals surface area contributed by atoms with E-state index in [0.29, 0.717) is 6.54 Å². The Kier molecular flexibility index (Phi) is 5.75. The first kappa shape index (κ1) is 15.4. The van der Waals surface area contributed by atoms with Gasteiger partial charge in [0, 0.05) is 37.6 Å². The molecule has 0 aliphatic carbocycles. The number of thiazole rings is 1. The molecule has 106 valence electrons. The molecule has 1 rings (SSSR count). The van der Waals surface area contributed by atoms with E-state index in [4.69, 9.17) is 5.11 Å². The van der Waals surface area contributed by atoms with Gasteiger partial charge in [0.2, 0.25) is 0 Å². The van der Waals surface area contributed by atoms with Gasteiger partial charge in [0.15, 0.2) is 0 Å². The number of carboxylic acids is 1. The smallest absolute Gasteiger partial charge is 0.317 e. The number of hydrogen-bond acceptors (Lipinski definition) is 4. The van der Waals surface area contributed by atoms with Crippen LogP contribution >= 0.6 is 11.3 Å². The van der Waals surface area contributed by atoms with Crippen molar-refractivity contribution < 1.29 is 14.7 Å². The molecule has 0 fully saturated rings. The Bertz CT molecular complexity index is 422. The number of hydrogen-bond donors (Lipinski definition) is 2. The Balaban J connectivity index is 2.36. The molecule has 19 heavy (non-hydrogen) atoms. The van der Waals surface area contributed by atoms with Crippen molar-refractivity contribution in [2.75, 3.05) is 20.1 Å². The SMILES string of the molecule is CC(CN(C)C(=O)NCC(C)c1nccs1)C(=O)O. The Hall–Kier alpha value is -1.63. The zero-order valence-corrected chi connectivity index (χ0v) is 12.1. The molecule has 2 unspecified atom stereocenters. The number of carboxylic acid groups (broad SMARTS) is 1. The molecule has 2 N–H and O–H groups in total. The summed E-state index contributed by atoms with van der Waals surface area (Å²) in [4.78, 5) is 28.1. The molecule has 0 radical (unpaired) electrons.